The number of hydrogen-bond donors (Lipinski definition) is 2. The predicted molar refractivity (Wildman–Crippen MR) is 48.1 cm³/mol. The minimum Gasteiger partial charge on any atom is -0.390 e. The fraction of sp³-hybridized carbons (Fsp3) is 0.625. The van der Waals surface area contributed by atoms with Gasteiger partial charge in [0.1, 0.15) is 6.10 Å². The van der Waals surface area contributed by atoms with Gasteiger partial charge in [-0.1, -0.05) is 6.92 Å². The predicted octanol–water partition coefficient (Wildman–Crippen LogP) is 1.26. The summed E-state index contributed by atoms with van der Waals surface area (Å²) in [6.45, 7) is 3.70. The molecule has 12 heavy (non-hydrogen) atoms. The Morgan fingerprint density at radius 2 is 2.25 bits per heavy atom. The van der Waals surface area contributed by atoms with Crippen LogP contribution in [0.15, 0.2) is 6.07 Å². The second-order valence-electron chi connectivity index (χ2n) is 2.79. The van der Waals surface area contributed by atoms with Crippen molar-refractivity contribution in [3.8, 4) is 0 Å². The van der Waals surface area contributed by atoms with Crippen molar-refractivity contribution >= 4 is 11.5 Å². The first-order chi connectivity index (χ1) is 5.65. The van der Waals surface area contributed by atoms with E-state index in [0.29, 0.717) is 6.42 Å². The summed E-state index contributed by atoms with van der Waals surface area (Å²) in [5, 5.41) is 18.8. The van der Waals surface area contributed by atoms with Gasteiger partial charge in [0.15, 0.2) is 0 Å². The Morgan fingerprint density at radius 3 is 2.67 bits per heavy atom. The molecule has 0 aliphatic carbocycles. The summed E-state index contributed by atoms with van der Waals surface area (Å²) in [6, 6.07) is 1.80. The molecule has 0 radical (unpaired) electrons. The second-order valence-corrected chi connectivity index (χ2v) is 3.63. The lowest BCUT2D eigenvalue weighted by atomic mass is 10.1. The first-order valence-electron chi connectivity index (χ1n) is 3.94. The first kappa shape index (κ1) is 9.64. The Labute approximate surface area is 75.8 Å². The zero-order valence-corrected chi connectivity index (χ0v) is 8.01. The number of nitrogens with zero attached hydrogens (tertiary/aromatic N) is 1. The van der Waals surface area contributed by atoms with Crippen molar-refractivity contribution in [3.63, 3.8) is 0 Å². The van der Waals surface area contributed by atoms with Crippen LogP contribution in [0, 0.1) is 6.92 Å². The largest absolute Gasteiger partial charge is 0.390 e. The van der Waals surface area contributed by atoms with Gasteiger partial charge < -0.3 is 10.2 Å². The van der Waals surface area contributed by atoms with Gasteiger partial charge in [0.25, 0.3) is 0 Å². The van der Waals surface area contributed by atoms with Crippen LogP contribution in [0.1, 0.15) is 30.0 Å². The van der Waals surface area contributed by atoms with Crippen LogP contribution >= 0.6 is 11.5 Å². The Morgan fingerprint density at radius 1 is 1.58 bits per heavy atom. The van der Waals surface area contributed by atoms with Gasteiger partial charge in [0.05, 0.1) is 16.7 Å². The Kier molecular flexibility index (Phi) is 3.20. The van der Waals surface area contributed by atoms with E-state index in [1.807, 2.05) is 13.8 Å². The molecule has 4 heteroatoms. The SMILES string of the molecule is CCC(O)C(O)c1cc(C)ns1. The van der Waals surface area contributed by atoms with Crippen LogP contribution in [0.3, 0.4) is 0 Å². The van der Waals surface area contributed by atoms with E-state index in [4.69, 9.17) is 0 Å². The smallest absolute Gasteiger partial charge is 0.116 e. The lowest BCUT2D eigenvalue weighted by Gasteiger charge is -2.13. The molecular formula is C8H13NO2S. The minimum absolute atomic E-state index is 0.554. The van der Waals surface area contributed by atoms with Crippen molar-refractivity contribution in [2.45, 2.75) is 32.5 Å². The van der Waals surface area contributed by atoms with Crippen molar-refractivity contribution < 1.29 is 10.2 Å². The standard InChI is InChI=1S/C8H13NO2S/c1-3-6(10)8(11)7-4-5(2)9-12-7/h4,6,8,10-11H,3H2,1-2H3. The third-order valence-corrected chi connectivity index (χ3v) is 2.67. The van der Waals surface area contributed by atoms with E-state index in [2.05, 4.69) is 4.37 Å². The number of aryl methyl sites for hydroxylation is 1. The highest BCUT2D eigenvalue weighted by atomic mass is 32.1. The topological polar surface area (TPSA) is 53.4 Å². The molecule has 0 amide bonds. The fourth-order valence-corrected chi connectivity index (χ4v) is 1.73. The van der Waals surface area contributed by atoms with E-state index in [1.54, 1.807) is 6.07 Å². The van der Waals surface area contributed by atoms with Gasteiger partial charge in [-0.3, -0.25) is 0 Å². The lowest BCUT2D eigenvalue weighted by Crippen LogP contribution is -2.15. The summed E-state index contributed by atoms with van der Waals surface area (Å²) >= 11 is 1.24. The molecule has 1 heterocycles. The highest BCUT2D eigenvalue weighted by molar-refractivity contribution is 7.05. The number of hydrogen-bond acceptors (Lipinski definition) is 4. The minimum atomic E-state index is -0.777. The first-order valence-corrected chi connectivity index (χ1v) is 4.71. The molecule has 0 saturated carbocycles. The van der Waals surface area contributed by atoms with Gasteiger partial charge in [0, 0.05) is 0 Å². The Hall–Kier alpha value is -0.450. The maximum Gasteiger partial charge on any atom is 0.116 e. The van der Waals surface area contributed by atoms with E-state index in [9.17, 15) is 10.2 Å². The molecule has 3 nitrogen and oxygen atoms in total. The van der Waals surface area contributed by atoms with Crippen LogP contribution in [-0.2, 0) is 0 Å². The van der Waals surface area contributed by atoms with Gasteiger partial charge in [-0.05, 0) is 30.9 Å². The number of aliphatic hydroxyl groups excluding tert-OH is 2. The van der Waals surface area contributed by atoms with Crippen LogP contribution in [0.25, 0.3) is 0 Å². The maximum absolute atomic E-state index is 9.52. The van der Waals surface area contributed by atoms with E-state index in [-0.39, 0.29) is 0 Å². The third kappa shape index (κ3) is 2.03. The zero-order chi connectivity index (χ0) is 9.14. The average Bonchev–Trinajstić information content (AvgIpc) is 2.49. The van der Waals surface area contributed by atoms with Gasteiger partial charge in [-0.25, -0.2) is 0 Å². The van der Waals surface area contributed by atoms with Crippen LogP contribution < -0.4 is 0 Å². The fourth-order valence-electron chi connectivity index (χ4n) is 0.936. The molecule has 1 rings (SSSR count). The highest BCUT2D eigenvalue weighted by Gasteiger charge is 2.18. The summed E-state index contributed by atoms with van der Waals surface area (Å²) in [5.74, 6) is 0. The van der Waals surface area contributed by atoms with E-state index >= 15 is 0 Å². The van der Waals surface area contributed by atoms with Crippen LogP contribution in [0.5, 0.6) is 0 Å². The number of aromatic nitrogens is 1. The van der Waals surface area contributed by atoms with E-state index in [1.165, 1.54) is 11.5 Å². The number of rotatable bonds is 3. The molecule has 68 valence electrons. The van der Waals surface area contributed by atoms with Crippen LogP contribution in [-0.4, -0.2) is 20.7 Å². The monoisotopic (exact) mass is 187 g/mol. The third-order valence-electron chi connectivity index (χ3n) is 1.72. The molecule has 0 aliphatic rings. The molecule has 2 atom stereocenters. The average molecular weight is 187 g/mol. The quantitative estimate of drug-likeness (QED) is 0.749. The molecule has 0 bridgehead atoms. The van der Waals surface area contributed by atoms with Gasteiger partial charge >= 0.3 is 0 Å². The van der Waals surface area contributed by atoms with E-state index in [0.717, 1.165) is 10.6 Å². The highest BCUT2D eigenvalue weighted by Crippen LogP contribution is 2.22. The van der Waals surface area contributed by atoms with Gasteiger partial charge in [-0.15, -0.1) is 0 Å². The van der Waals surface area contributed by atoms with Crippen LogP contribution in [0.2, 0.25) is 0 Å². The van der Waals surface area contributed by atoms with Crippen molar-refractivity contribution in [3.05, 3.63) is 16.6 Å². The van der Waals surface area contributed by atoms with Crippen LogP contribution in [0.4, 0.5) is 0 Å². The number of aliphatic hydroxyl groups is 2. The van der Waals surface area contributed by atoms with E-state index < -0.39 is 12.2 Å². The molecule has 1 aromatic rings. The normalized spacial score (nSPS) is 16.0. The summed E-state index contributed by atoms with van der Waals surface area (Å²) < 4.78 is 4.02. The lowest BCUT2D eigenvalue weighted by molar-refractivity contribution is 0.0186. The molecule has 0 aromatic carbocycles. The molecule has 0 fully saturated rings. The molecular weight excluding hydrogens is 174 g/mol. The molecule has 0 spiro atoms. The maximum atomic E-state index is 9.52. The van der Waals surface area contributed by atoms with Crippen molar-refractivity contribution in [1.82, 2.24) is 4.37 Å². The Bertz CT molecular complexity index is 249. The summed E-state index contributed by atoms with van der Waals surface area (Å²) in [4.78, 5) is 0.738. The Balaban J connectivity index is 2.70. The summed E-state index contributed by atoms with van der Waals surface area (Å²) in [7, 11) is 0. The van der Waals surface area contributed by atoms with Gasteiger partial charge in [0.2, 0.25) is 0 Å². The van der Waals surface area contributed by atoms with Crippen molar-refractivity contribution in [1.29, 1.82) is 0 Å². The molecule has 0 saturated heterocycles. The summed E-state index contributed by atoms with van der Waals surface area (Å²) in [5.41, 5.74) is 0.886. The molecule has 0 aliphatic heterocycles. The summed E-state index contributed by atoms with van der Waals surface area (Å²) in [6.07, 6.45) is -0.899. The van der Waals surface area contributed by atoms with Crippen molar-refractivity contribution in [2.24, 2.45) is 0 Å². The molecule has 2 N–H and O–H groups in total. The van der Waals surface area contributed by atoms with Crippen molar-refractivity contribution in [2.75, 3.05) is 0 Å². The molecule has 1 aromatic heterocycles. The zero-order valence-electron chi connectivity index (χ0n) is 7.19. The molecule has 2 unspecified atom stereocenters. The van der Waals surface area contributed by atoms with Gasteiger partial charge in [-0.2, -0.15) is 4.37 Å². The second kappa shape index (κ2) is 3.98.